The Bertz CT molecular complexity index is 391. The van der Waals surface area contributed by atoms with Gasteiger partial charge in [-0.05, 0) is 38.0 Å². The third-order valence-corrected chi connectivity index (χ3v) is 2.53. The van der Waals surface area contributed by atoms with Crippen LogP contribution in [0.5, 0.6) is 5.75 Å². The average molecular weight is 251 g/mol. The molecule has 0 aliphatic rings. The number of ether oxygens (including phenoxy) is 2. The summed E-state index contributed by atoms with van der Waals surface area (Å²) in [6.07, 6.45) is 1.19. The summed E-state index contributed by atoms with van der Waals surface area (Å²) in [5.41, 5.74) is 2.13. The first-order chi connectivity index (χ1) is 8.67. The molecule has 0 amide bonds. The van der Waals surface area contributed by atoms with Crippen molar-refractivity contribution in [3.05, 3.63) is 23.8 Å². The predicted molar refractivity (Wildman–Crippen MR) is 72.1 cm³/mol. The number of methoxy groups -OCH3 is 1. The van der Waals surface area contributed by atoms with Gasteiger partial charge in [0.1, 0.15) is 5.75 Å². The molecule has 0 bridgehead atoms. The minimum atomic E-state index is -0.143. The fraction of sp³-hybridized carbons (Fsp3) is 0.500. The van der Waals surface area contributed by atoms with Gasteiger partial charge in [0.2, 0.25) is 0 Å². The fourth-order valence-electron chi connectivity index (χ4n) is 1.65. The standard InChI is InChI=1S/C14H21NO3/c1-4-18-14(16)6-5-9-15-12-10-11(2)7-8-13(12)17-3/h7-8,10,15H,4-6,9H2,1-3H3. The zero-order valence-corrected chi connectivity index (χ0v) is 11.3. The van der Waals surface area contributed by atoms with Crippen molar-refractivity contribution in [1.82, 2.24) is 0 Å². The molecule has 1 N–H and O–H groups in total. The minimum absolute atomic E-state index is 0.143. The van der Waals surface area contributed by atoms with Gasteiger partial charge in [0, 0.05) is 13.0 Å². The third-order valence-electron chi connectivity index (χ3n) is 2.53. The maximum atomic E-state index is 11.2. The van der Waals surface area contributed by atoms with E-state index >= 15 is 0 Å². The zero-order chi connectivity index (χ0) is 13.4. The smallest absolute Gasteiger partial charge is 0.305 e. The van der Waals surface area contributed by atoms with Crippen molar-refractivity contribution in [1.29, 1.82) is 0 Å². The van der Waals surface area contributed by atoms with Crippen molar-refractivity contribution >= 4 is 11.7 Å². The highest BCUT2D eigenvalue weighted by Gasteiger charge is 2.04. The van der Waals surface area contributed by atoms with E-state index in [1.807, 2.05) is 32.0 Å². The van der Waals surface area contributed by atoms with Gasteiger partial charge in [-0.25, -0.2) is 0 Å². The van der Waals surface area contributed by atoms with Crippen LogP contribution in [-0.4, -0.2) is 26.2 Å². The van der Waals surface area contributed by atoms with E-state index < -0.39 is 0 Å². The maximum absolute atomic E-state index is 11.2. The Morgan fingerprint density at radius 3 is 2.83 bits per heavy atom. The molecule has 1 aromatic rings. The van der Waals surface area contributed by atoms with E-state index in [2.05, 4.69) is 5.32 Å². The van der Waals surface area contributed by atoms with E-state index in [0.717, 1.165) is 24.4 Å². The van der Waals surface area contributed by atoms with E-state index in [9.17, 15) is 4.79 Å². The first-order valence-corrected chi connectivity index (χ1v) is 6.21. The van der Waals surface area contributed by atoms with E-state index in [1.54, 1.807) is 7.11 Å². The van der Waals surface area contributed by atoms with Crippen LogP contribution in [0, 0.1) is 6.92 Å². The number of aryl methyl sites for hydroxylation is 1. The highest BCUT2D eigenvalue weighted by Crippen LogP contribution is 2.24. The lowest BCUT2D eigenvalue weighted by Gasteiger charge is -2.11. The topological polar surface area (TPSA) is 47.6 Å². The Labute approximate surface area is 108 Å². The molecular formula is C14H21NO3. The van der Waals surface area contributed by atoms with E-state index in [-0.39, 0.29) is 5.97 Å². The second-order valence-electron chi connectivity index (χ2n) is 4.04. The Balaban J connectivity index is 2.39. The van der Waals surface area contributed by atoms with Gasteiger partial charge in [-0.3, -0.25) is 4.79 Å². The molecule has 0 heterocycles. The summed E-state index contributed by atoms with van der Waals surface area (Å²) in [6.45, 7) is 5.01. The van der Waals surface area contributed by atoms with Gasteiger partial charge in [0.05, 0.1) is 19.4 Å². The molecule has 0 aliphatic heterocycles. The van der Waals surface area contributed by atoms with Gasteiger partial charge in [0.15, 0.2) is 0 Å². The monoisotopic (exact) mass is 251 g/mol. The number of anilines is 1. The number of carbonyl (C=O) groups excluding carboxylic acids is 1. The first kappa shape index (κ1) is 14.4. The number of rotatable bonds is 7. The molecule has 0 unspecified atom stereocenters. The van der Waals surface area contributed by atoms with Gasteiger partial charge in [-0.2, -0.15) is 0 Å². The van der Waals surface area contributed by atoms with Crippen molar-refractivity contribution < 1.29 is 14.3 Å². The molecule has 0 aliphatic carbocycles. The van der Waals surface area contributed by atoms with Crippen LogP contribution in [0.1, 0.15) is 25.3 Å². The SMILES string of the molecule is CCOC(=O)CCCNc1cc(C)ccc1OC. The van der Waals surface area contributed by atoms with Crippen LogP contribution in [0.25, 0.3) is 0 Å². The normalized spacial score (nSPS) is 9.94. The van der Waals surface area contributed by atoms with Gasteiger partial charge < -0.3 is 14.8 Å². The summed E-state index contributed by atoms with van der Waals surface area (Å²) in [7, 11) is 1.65. The van der Waals surface area contributed by atoms with Crippen molar-refractivity contribution in [2.45, 2.75) is 26.7 Å². The van der Waals surface area contributed by atoms with Crippen molar-refractivity contribution in [2.75, 3.05) is 25.6 Å². The molecular weight excluding hydrogens is 230 g/mol. The Morgan fingerprint density at radius 1 is 1.39 bits per heavy atom. The average Bonchev–Trinajstić information content (AvgIpc) is 2.35. The number of carbonyl (C=O) groups is 1. The third kappa shape index (κ3) is 4.65. The van der Waals surface area contributed by atoms with Crippen LogP contribution in [0.3, 0.4) is 0 Å². The Hall–Kier alpha value is -1.71. The maximum Gasteiger partial charge on any atom is 0.305 e. The van der Waals surface area contributed by atoms with Crippen LogP contribution in [0.2, 0.25) is 0 Å². The Kier molecular flexibility index (Phi) is 6.05. The van der Waals surface area contributed by atoms with Crippen molar-refractivity contribution in [3.8, 4) is 5.75 Å². The molecule has 4 nitrogen and oxygen atoms in total. The number of hydrogen-bond donors (Lipinski definition) is 1. The molecule has 100 valence electrons. The molecule has 0 atom stereocenters. The number of benzene rings is 1. The highest BCUT2D eigenvalue weighted by molar-refractivity contribution is 5.69. The molecule has 0 fully saturated rings. The van der Waals surface area contributed by atoms with Crippen molar-refractivity contribution in [3.63, 3.8) is 0 Å². The van der Waals surface area contributed by atoms with Gasteiger partial charge in [-0.1, -0.05) is 6.07 Å². The second kappa shape index (κ2) is 7.58. The van der Waals surface area contributed by atoms with E-state index in [1.165, 1.54) is 5.56 Å². The van der Waals surface area contributed by atoms with Crippen LogP contribution >= 0.6 is 0 Å². The molecule has 1 rings (SSSR count). The molecule has 1 aromatic carbocycles. The van der Waals surface area contributed by atoms with Gasteiger partial charge in [-0.15, -0.1) is 0 Å². The molecule has 4 heteroatoms. The summed E-state index contributed by atoms with van der Waals surface area (Å²) >= 11 is 0. The Morgan fingerprint density at radius 2 is 2.17 bits per heavy atom. The highest BCUT2D eigenvalue weighted by atomic mass is 16.5. The minimum Gasteiger partial charge on any atom is -0.495 e. The summed E-state index contributed by atoms with van der Waals surface area (Å²) in [6, 6.07) is 5.97. The number of esters is 1. The molecule has 18 heavy (non-hydrogen) atoms. The fourth-order valence-corrected chi connectivity index (χ4v) is 1.65. The lowest BCUT2D eigenvalue weighted by molar-refractivity contribution is -0.143. The quantitative estimate of drug-likeness (QED) is 0.598. The molecule has 0 aromatic heterocycles. The van der Waals surface area contributed by atoms with E-state index in [0.29, 0.717) is 13.0 Å². The second-order valence-corrected chi connectivity index (χ2v) is 4.04. The lowest BCUT2D eigenvalue weighted by Crippen LogP contribution is -2.08. The first-order valence-electron chi connectivity index (χ1n) is 6.21. The summed E-state index contributed by atoms with van der Waals surface area (Å²) in [5, 5.41) is 3.27. The predicted octanol–water partition coefficient (Wildman–Crippen LogP) is 2.76. The van der Waals surface area contributed by atoms with Crippen LogP contribution < -0.4 is 10.1 Å². The molecule has 0 radical (unpaired) electrons. The van der Waals surface area contributed by atoms with Crippen LogP contribution in [-0.2, 0) is 9.53 Å². The molecule has 0 saturated carbocycles. The van der Waals surface area contributed by atoms with Crippen molar-refractivity contribution in [2.24, 2.45) is 0 Å². The van der Waals surface area contributed by atoms with Crippen LogP contribution in [0.15, 0.2) is 18.2 Å². The lowest BCUT2D eigenvalue weighted by atomic mass is 10.2. The molecule has 0 saturated heterocycles. The summed E-state index contributed by atoms with van der Waals surface area (Å²) in [5.74, 6) is 0.673. The van der Waals surface area contributed by atoms with Gasteiger partial charge >= 0.3 is 5.97 Å². The van der Waals surface area contributed by atoms with E-state index in [4.69, 9.17) is 9.47 Å². The van der Waals surface area contributed by atoms with Gasteiger partial charge in [0.25, 0.3) is 0 Å². The number of hydrogen-bond acceptors (Lipinski definition) is 4. The largest absolute Gasteiger partial charge is 0.495 e. The summed E-state index contributed by atoms with van der Waals surface area (Å²) in [4.78, 5) is 11.2. The molecule has 0 spiro atoms. The number of nitrogens with one attached hydrogen (secondary N) is 1. The zero-order valence-electron chi connectivity index (χ0n) is 11.3. The van der Waals surface area contributed by atoms with Crippen LogP contribution in [0.4, 0.5) is 5.69 Å². The summed E-state index contributed by atoms with van der Waals surface area (Å²) < 4.78 is 10.1.